The predicted octanol–water partition coefficient (Wildman–Crippen LogP) is 14.8. The van der Waals surface area contributed by atoms with Crippen molar-refractivity contribution < 1.29 is 0 Å². The summed E-state index contributed by atoms with van der Waals surface area (Å²) in [5.41, 5.74) is 12.4. The lowest BCUT2D eigenvalue weighted by molar-refractivity contribution is 0.983. The smallest absolute Gasteiger partial charge is 0.0547 e. The second-order valence-electron chi connectivity index (χ2n) is 14.5. The third kappa shape index (κ3) is 5.37. The zero-order chi connectivity index (χ0) is 36.3. The van der Waals surface area contributed by atoms with Gasteiger partial charge in [-0.2, -0.15) is 0 Å². The van der Waals surface area contributed by atoms with Gasteiger partial charge in [-0.05, 0) is 92.2 Å². The van der Waals surface area contributed by atoms with Gasteiger partial charge in [0.1, 0.15) is 0 Å². The Kier molecular flexibility index (Phi) is 7.50. The number of hydrogen-bond donors (Lipinski definition) is 0. The molecule has 0 saturated heterocycles. The maximum absolute atomic E-state index is 2.44. The van der Waals surface area contributed by atoms with Crippen molar-refractivity contribution in [2.45, 2.75) is 5.92 Å². The molecular weight excluding hydrogens is 683 g/mol. The SMILES string of the molecule is c1ccc(-n2c3ccccc3c3ccc(-c4ccc(C(c5ccc6c(c5)sc5ccccc56)c5ccccc5-c5ccc6ccccc6c5)cc4)cc32)cc1. The lowest BCUT2D eigenvalue weighted by Gasteiger charge is -2.23. The molecule has 1 atom stereocenters. The maximum Gasteiger partial charge on any atom is 0.0547 e. The monoisotopic (exact) mass is 717 g/mol. The zero-order valence-corrected chi connectivity index (χ0v) is 30.9. The predicted molar refractivity (Wildman–Crippen MR) is 236 cm³/mol. The second-order valence-corrected chi connectivity index (χ2v) is 15.6. The van der Waals surface area contributed by atoms with Crippen LogP contribution in [0.25, 0.3) is 80.7 Å². The molecule has 9 aromatic carbocycles. The molecule has 11 rings (SSSR count). The molecule has 0 saturated carbocycles. The number of hydrogen-bond acceptors (Lipinski definition) is 1. The van der Waals surface area contributed by atoms with E-state index in [2.05, 4.69) is 211 Å². The molecule has 0 aliphatic heterocycles. The summed E-state index contributed by atoms with van der Waals surface area (Å²) in [5.74, 6) is 0.0365. The minimum absolute atomic E-state index is 0.0365. The van der Waals surface area contributed by atoms with Crippen molar-refractivity contribution in [1.29, 1.82) is 0 Å². The van der Waals surface area contributed by atoms with E-state index < -0.39 is 0 Å². The van der Waals surface area contributed by atoms with Crippen molar-refractivity contribution in [2.24, 2.45) is 0 Å². The van der Waals surface area contributed by atoms with E-state index in [9.17, 15) is 0 Å². The van der Waals surface area contributed by atoms with Gasteiger partial charge in [0.05, 0.1) is 11.0 Å². The largest absolute Gasteiger partial charge is 0.309 e. The Labute approximate surface area is 324 Å². The molecular formula is C53H35NS. The van der Waals surface area contributed by atoms with Gasteiger partial charge < -0.3 is 4.57 Å². The van der Waals surface area contributed by atoms with E-state index in [1.807, 2.05) is 11.3 Å². The highest BCUT2D eigenvalue weighted by Gasteiger charge is 2.22. The van der Waals surface area contributed by atoms with Crippen molar-refractivity contribution in [3.05, 3.63) is 223 Å². The van der Waals surface area contributed by atoms with E-state index in [4.69, 9.17) is 0 Å². The van der Waals surface area contributed by atoms with Crippen LogP contribution in [0, 0.1) is 0 Å². The fourth-order valence-corrected chi connectivity index (χ4v) is 9.87. The molecule has 0 aliphatic carbocycles. The van der Waals surface area contributed by atoms with Gasteiger partial charge in [0.15, 0.2) is 0 Å². The van der Waals surface area contributed by atoms with Crippen molar-refractivity contribution in [3.8, 4) is 27.9 Å². The Morgan fingerprint density at radius 1 is 0.364 bits per heavy atom. The third-order valence-corrected chi connectivity index (χ3v) is 12.5. The first-order valence-electron chi connectivity index (χ1n) is 19.0. The van der Waals surface area contributed by atoms with Crippen molar-refractivity contribution in [2.75, 3.05) is 0 Å². The summed E-state index contributed by atoms with van der Waals surface area (Å²) in [6.07, 6.45) is 0. The molecule has 0 radical (unpaired) electrons. The van der Waals surface area contributed by atoms with E-state index in [-0.39, 0.29) is 5.92 Å². The van der Waals surface area contributed by atoms with Crippen LogP contribution in [0.3, 0.4) is 0 Å². The number of fused-ring (bicyclic) bond motifs is 7. The minimum Gasteiger partial charge on any atom is -0.309 e. The first kappa shape index (κ1) is 31.8. The van der Waals surface area contributed by atoms with Crippen molar-refractivity contribution in [3.63, 3.8) is 0 Å². The number of aromatic nitrogens is 1. The van der Waals surface area contributed by atoms with E-state index in [0.29, 0.717) is 0 Å². The fourth-order valence-electron chi connectivity index (χ4n) is 8.72. The summed E-state index contributed by atoms with van der Waals surface area (Å²) in [4.78, 5) is 0. The average Bonchev–Trinajstić information content (AvgIpc) is 3.79. The molecule has 2 heterocycles. The van der Waals surface area contributed by atoms with E-state index >= 15 is 0 Å². The van der Waals surface area contributed by atoms with Gasteiger partial charge in [-0.3, -0.25) is 0 Å². The standard InChI is InChI=1S/C53H35NS/c1-2-14-42(15-3-1)54-49-20-10-8-17-44(49)45-30-28-39(33-50(45)54)36-22-25-37(26-23-36)53(41-29-31-47-46-18-9-11-21-51(46)55-52(47)34-41)48-19-7-6-16-43(48)40-27-24-35-12-4-5-13-38(35)32-40/h1-34,53H. The van der Waals surface area contributed by atoms with Gasteiger partial charge >= 0.3 is 0 Å². The van der Waals surface area contributed by atoms with E-state index in [0.717, 1.165) is 0 Å². The molecule has 0 amide bonds. The zero-order valence-electron chi connectivity index (χ0n) is 30.1. The highest BCUT2D eigenvalue weighted by Crippen LogP contribution is 2.43. The van der Waals surface area contributed by atoms with Gasteiger partial charge in [0.25, 0.3) is 0 Å². The second kappa shape index (κ2) is 13.0. The van der Waals surface area contributed by atoms with Crippen LogP contribution in [0.15, 0.2) is 206 Å². The summed E-state index contributed by atoms with van der Waals surface area (Å²) >= 11 is 1.89. The molecule has 2 aromatic heterocycles. The lowest BCUT2D eigenvalue weighted by Crippen LogP contribution is -2.05. The van der Waals surface area contributed by atoms with Crippen molar-refractivity contribution in [1.82, 2.24) is 4.57 Å². The fraction of sp³-hybridized carbons (Fsp3) is 0.0189. The molecule has 1 nitrogen and oxygen atoms in total. The van der Waals surface area contributed by atoms with Gasteiger partial charge in [0.2, 0.25) is 0 Å². The number of benzene rings is 9. The molecule has 0 N–H and O–H groups in total. The topological polar surface area (TPSA) is 4.93 Å². The van der Waals surface area contributed by atoms with Crippen LogP contribution in [-0.2, 0) is 0 Å². The van der Waals surface area contributed by atoms with E-state index in [1.54, 1.807) is 0 Å². The molecule has 258 valence electrons. The summed E-state index contributed by atoms with van der Waals surface area (Å²) < 4.78 is 5.05. The average molecular weight is 718 g/mol. The first-order chi connectivity index (χ1) is 27.3. The van der Waals surface area contributed by atoms with Crippen LogP contribution in [0.1, 0.15) is 22.6 Å². The van der Waals surface area contributed by atoms with E-state index in [1.165, 1.54) is 97.4 Å². The van der Waals surface area contributed by atoms with Gasteiger partial charge in [-0.25, -0.2) is 0 Å². The Hall–Kier alpha value is -6.74. The number of thiophene rings is 1. The molecule has 2 heteroatoms. The van der Waals surface area contributed by atoms with Crippen LogP contribution in [0.4, 0.5) is 0 Å². The third-order valence-electron chi connectivity index (χ3n) is 11.3. The summed E-state index contributed by atoms with van der Waals surface area (Å²) in [6.45, 7) is 0. The van der Waals surface area contributed by atoms with Crippen LogP contribution < -0.4 is 0 Å². The summed E-state index contributed by atoms with van der Waals surface area (Å²) in [5, 5.41) is 7.70. The van der Waals surface area contributed by atoms with Gasteiger partial charge in [-0.1, -0.05) is 164 Å². The van der Waals surface area contributed by atoms with Crippen molar-refractivity contribution >= 4 is 64.1 Å². The highest BCUT2D eigenvalue weighted by molar-refractivity contribution is 7.25. The molecule has 0 fully saturated rings. The number of nitrogens with zero attached hydrogens (tertiary/aromatic N) is 1. The highest BCUT2D eigenvalue weighted by atomic mass is 32.1. The molecule has 0 aliphatic rings. The van der Waals surface area contributed by atoms with Crippen LogP contribution in [0.5, 0.6) is 0 Å². The number of para-hydroxylation sites is 2. The lowest BCUT2D eigenvalue weighted by atomic mass is 9.80. The first-order valence-corrected chi connectivity index (χ1v) is 19.8. The Morgan fingerprint density at radius 2 is 1.00 bits per heavy atom. The maximum atomic E-state index is 2.44. The number of rotatable bonds is 6. The Balaban J connectivity index is 1.06. The van der Waals surface area contributed by atoms with Crippen LogP contribution in [-0.4, -0.2) is 4.57 Å². The molecule has 1 unspecified atom stereocenters. The minimum atomic E-state index is 0.0365. The Bertz CT molecular complexity index is 3200. The van der Waals surface area contributed by atoms with Crippen LogP contribution in [0.2, 0.25) is 0 Å². The van der Waals surface area contributed by atoms with Gasteiger partial charge in [-0.15, -0.1) is 11.3 Å². The quantitative estimate of drug-likeness (QED) is 0.151. The molecule has 55 heavy (non-hydrogen) atoms. The molecule has 0 spiro atoms. The normalized spacial score (nSPS) is 12.3. The molecule has 11 aromatic rings. The van der Waals surface area contributed by atoms with Gasteiger partial charge in [0, 0.05) is 42.6 Å². The Morgan fingerprint density at radius 3 is 1.89 bits per heavy atom. The van der Waals surface area contributed by atoms with Crippen LogP contribution >= 0.6 is 11.3 Å². The summed E-state index contributed by atoms with van der Waals surface area (Å²) in [6, 6.07) is 76.1. The summed E-state index contributed by atoms with van der Waals surface area (Å²) in [7, 11) is 0. The molecule has 0 bridgehead atoms.